The molecule has 0 aliphatic carbocycles. The summed E-state index contributed by atoms with van der Waals surface area (Å²) in [6.45, 7) is 1.92. The van der Waals surface area contributed by atoms with E-state index < -0.39 is 5.54 Å². The third-order valence-electron chi connectivity index (χ3n) is 2.24. The summed E-state index contributed by atoms with van der Waals surface area (Å²) in [7, 11) is 0. The smallest absolute Gasteiger partial charge is 0.133 e. The zero-order chi connectivity index (χ0) is 11.3. The number of nitrogens with one attached hydrogen (secondary N) is 1. The molecule has 0 saturated carbocycles. The van der Waals surface area contributed by atoms with Crippen LogP contribution in [-0.4, -0.2) is 33.9 Å². The lowest BCUT2D eigenvalue weighted by Gasteiger charge is -2.26. The van der Waals surface area contributed by atoms with Crippen LogP contribution in [0, 0.1) is 0 Å². The van der Waals surface area contributed by atoms with E-state index in [1.54, 1.807) is 19.2 Å². The second-order valence-corrected chi connectivity index (χ2v) is 4.04. The van der Waals surface area contributed by atoms with Gasteiger partial charge in [0, 0.05) is 18.3 Å². The van der Waals surface area contributed by atoms with E-state index >= 15 is 0 Å². The Morgan fingerprint density at radius 3 is 2.67 bits per heavy atom. The highest BCUT2D eigenvalue weighted by Gasteiger charge is 2.21. The van der Waals surface area contributed by atoms with Crippen molar-refractivity contribution in [3.8, 4) is 0 Å². The molecule has 0 fully saturated rings. The number of nitrogens with zero attached hydrogens (tertiary/aromatic N) is 1. The second kappa shape index (κ2) is 5.42. The van der Waals surface area contributed by atoms with Crippen LogP contribution >= 0.6 is 11.6 Å². The Hall–Kier alpha value is -0.680. The minimum atomic E-state index is -0.695. The minimum absolute atomic E-state index is 0.138. The normalized spacial score (nSPS) is 11.7. The van der Waals surface area contributed by atoms with E-state index in [1.165, 1.54) is 0 Å². The fourth-order valence-corrected chi connectivity index (χ4v) is 1.21. The highest BCUT2D eigenvalue weighted by molar-refractivity contribution is 6.30. The van der Waals surface area contributed by atoms with Gasteiger partial charge in [-0.3, -0.25) is 0 Å². The quantitative estimate of drug-likeness (QED) is 0.647. The Morgan fingerprint density at radius 1 is 1.47 bits per heavy atom. The molecule has 0 aliphatic heterocycles. The van der Waals surface area contributed by atoms with Gasteiger partial charge >= 0.3 is 0 Å². The number of rotatable bonds is 5. The van der Waals surface area contributed by atoms with Gasteiger partial charge in [-0.05, 0) is 13.0 Å². The van der Waals surface area contributed by atoms with Crippen LogP contribution in [0.5, 0.6) is 0 Å². The van der Waals surface area contributed by atoms with Gasteiger partial charge in [0.15, 0.2) is 0 Å². The van der Waals surface area contributed by atoms with Gasteiger partial charge < -0.3 is 15.5 Å². The predicted molar refractivity (Wildman–Crippen MR) is 58.7 cm³/mol. The number of aliphatic hydroxyl groups is 2. The van der Waals surface area contributed by atoms with Crippen LogP contribution < -0.4 is 5.32 Å². The summed E-state index contributed by atoms with van der Waals surface area (Å²) >= 11 is 5.86. The zero-order valence-corrected chi connectivity index (χ0v) is 9.33. The van der Waals surface area contributed by atoms with Crippen molar-refractivity contribution in [2.24, 2.45) is 0 Å². The molecule has 0 aliphatic rings. The first-order valence-corrected chi connectivity index (χ1v) is 5.05. The second-order valence-electron chi connectivity index (χ2n) is 3.68. The van der Waals surface area contributed by atoms with Gasteiger partial charge in [0.1, 0.15) is 5.15 Å². The summed E-state index contributed by atoms with van der Waals surface area (Å²) < 4.78 is 0. The Balaban J connectivity index is 2.61. The Bertz CT molecular complexity index is 316. The maximum absolute atomic E-state index is 9.06. The summed E-state index contributed by atoms with van der Waals surface area (Å²) in [6, 6.07) is 3.63. The number of halogens is 1. The van der Waals surface area contributed by atoms with E-state index in [0.717, 1.165) is 5.56 Å². The lowest BCUT2D eigenvalue weighted by atomic mass is 10.1. The van der Waals surface area contributed by atoms with Crippen molar-refractivity contribution in [1.82, 2.24) is 10.3 Å². The number of aliphatic hydroxyl groups excluding tert-OH is 2. The highest BCUT2D eigenvalue weighted by Crippen LogP contribution is 2.12. The molecule has 0 bridgehead atoms. The van der Waals surface area contributed by atoms with E-state index in [9.17, 15) is 0 Å². The molecular formula is C10H15ClN2O2. The molecule has 3 N–H and O–H groups in total. The van der Waals surface area contributed by atoms with Gasteiger partial charge in [-0.2, -0.15) is 0 Å². The van der Waals surface area contributed by atoms with Crippen LogP contribution in [-0.2, 0) is 6.54 Å². The van der Waals surface area contributed by atoms with Gasteiger partial charge in [0.25, 0.3) is 0 Å². The molecule has 0 aromatic carbocycles. The zero-order valence-electron chi connectivity index (χ0n) is 8.57. The van der Waals surface area contributed by atoms with E-state index in [2.05, 4.69) is 10.3 Å². The van der Waals surface area contributed by atoms with Crippen LogP contribution in [0.4, 0.5) is 0 Å². The number of pyridine rings is 1. The molecule has 1 aromatic heterocycles. The lowest BCUT2D eigenvalue weighted by molar-refractivity contribution is 0.103. The van der Waals surface area contributed by atoms with E-state index in [4.69, 9.17) is 21.8 Å². The Morgan fingerprint density at radius 2 is 2.13 bits per heavy atom. The Labute approximate surface area is 93.9 Å². The van der Waals surface area contributed by atoms with Crippen LogP contribution in [0.15, 0.2) is 18.3 Å². The molecule has 1 aromatic rings. The summed E-state index contributed by atoms with van der Waals surface area (Å²) in [6.07, 6.45) is 1.61. The first-order valence-electron chi connectivity index (χ1n) is 4.67. The molecule has 0 radical (unpaired) electrons. The molecule has 1 heterocycles. The van der Waals surface area contributed by atoms with E-state index in [-0.39, 0.29) is 13.2 Å². The minimum Gasteiger partial charge on any atom is -0.394 e. The molecule has 84 valence electrons. The predicted octanol–water partition coefficient (Wildman–Crippen LogP) is 0.568. The third-order valence-corrected chi connectivity index (χ3v) is 2.58. The maximum Gasteiger partial charge on any atom is 0.133 e. The third kappa shape index (κ3) is 3.43. The summed E-state index contributed by atoms with van der Waals surface area (Å²) in [5, 5.41) is 21.6. The number of aromatic nitrogens is 1. The molecule has 0 saturated heterocycles. The van der Waals surface area contributed by atoms with Crippen molar-refractivity contribution in [3.63, 3.8) is 0 Å². The molecule has 0 amide bonds. The summed E-state index contributed by atoms with van der Waals surface area (Å²) in [5.41, 5.74) is 0.145. The van der Waals surface area contributed by atoms with Crippen molar-refractivity contribution in [3.05, 3.63) is 29.0 Å². The highest BCUT2D eigenvalue weighted by atomic mass is 35.5. The van der Waals surface area contributed by atoms with Crippen LogP contribution in [0.3, 0.4) is 0 Å². The largest absolute Gasteiger partial charge is 0.394 e. The molecule has 1 rings (SSSR count). The monoisotopic (exact) mass is 230 g/mol. The van der Waals surface area contributed by atoms with E-state index in [1.807, 2.05) is 6.07 Å². The molecule has 0 atom stereocenters. The molecule has 15 heavy (non-hydrogen) atoms. The van der Waals surface area contributed by atoms with Crippen LogP contribution in [0.2, 0.25) is 5.15 Å². The van der Waals surface area contributed by atoms with Gasteiger partial charge in [0.2, 0.25) is 0 Å². The lowest BCUT2D eigenvalue weighted by Crippen LogP contribution is -2.48. The number of hydrogen-bond donors (Lipinski definition) is 3. The van der Waals surface area contributed by atoms with Gasteiger partial charge in [-0.25, -0.2) is 4.98 Å². The van der Waals surface area contributed by atoms with Crippen LogP contribution in [0.1, 0.15) is 12.5 Å². The molecule has 0 spiro atoms. The molecule has 5 heteroatoms. The number of hydrogen-bond acceptors (Lipinski definition) is 4. The Kier molecular flexibility index (Phi) is 4.47. The first-order chi connectivity index (χ1) is 7.11. The molecule has 4 nitrogen and oxygen atoms in total. The van der Waals surface area contributed by atoms with Crippen molar-refractivity contribution >= 4 is 11.6 Å². The standard InChI is InChI=1S/C10H15ClN2O2/c1-10(6-14,7-15)13-5-8-3-2-4-12-9(8)11/h2-4,13-15H,5-7H2,1H3. The fraction of sp³-hybridized carbons (Fsp3) is 0.500. The summed E-state index contributed by atoms with van der Waals surface area (Å²) in [4.78, 5) is 3.93. The van der Waals surface area contributed by atoms with Crippen molar-refractivity contribution in [1.29, 1.82) is 0 Å². The maximum atomic E-state index is 9.06. The van der Waals surface area contributed by atoms with Crippen molar-refractivity contribution < 1.29 is 10.2 Å². The average molecular weight is 231 g/mol. The SMILES string of the molecule is CC(CO)(CO)NCc1cccnc1Cl. The molecular weight excluding hydrogens is 216 g/mol. The fourth-order valence-electron chi connectivity index (χ4n) is 1.02. The van der Waals surface area contributed by atoms with Crippen LogP contribution in [0.25, 0.3) is 0 Å². The van der Waals surface area contributed by atoms with Gasteiger partial charge in [-0.15, -0.1) is 0 Å². The first kappa shape index (κ1) is 12.4. The van der Waals surface area contributed by atoms with Crippen molar-refractivity contribution in [2.75, 3.05) is 13.2 Å². The topological polar surface area (TPSA) is 65.4 Å². The average Bonchev–Trinajstić information content (AvgIpc) is 2.28. The van der Waals surface area contributed by atoms with E-state index in [0.29, 0.717) is 11.7 Å². The molecule has 0 unspecified atom stereocenters. The van der Waals surface area contributed by atoms with Gasteiger partial charge in [0.05, 0.1) is 18.8 Å². The van der Waals surface area contributed by atoms with Gasteiger partial charge in [-0.1, -0.05) is 17.7 Å². The summed E-state index contributed by atoms with van der Waals surface area (Å²) in [5.74, 6) is 0. The van der Waals surface area contributed by atoms with Crippen molar-refractivity contribution in [2.45, 2.75) is 19.0 Å².